The van der Waals surface area contributed by atoms with E-state index in [-0.39, 0.29) is 23.7 Å². The van der Waals surface area contributed by atoms with Crippen molar-refractivity contribution in [3.8, 4) is 16.9 Å². The summed E-state index contributed by atoms with van der Waals surface area (Å²) in [7, 11) is 0. The van der Waals surface area contributed by atoms with Crippen molar-refractivity contribution in [2.24, 2.45) is 0 Å². The van der Waals surface area contributed by atoms with Crippen molar-refractivity contribution in [2.45, 2.75) is 45.7 Å². The van der Waals surface area contributed by atoms with Crippen LogP contribution in [0.5, 0.6) is 0 Å². The van der Waals surface area contributed by atoms with Gasteiger partial charge in [-0.2, -0.15) is 0 Å². The number of nitrogens with zero attached hydrogens (tertiary/aromatic N) is 3. The largest absolute Gasteiger partial charge is 0.465 e. The number of aromatic nitrogens is 3. The lowest BCUT2D eigenvalue weighted by atomic mass is 9.90. The predicted octanol–water partition coefficient (Wildman–Crippen LogP) is 6.88. The molecule has 7 heteroatoms. The molecule has 1 unspecified atom stereocenters. The van der Waals surface area contributed by atoms with Crippen LogP contribution in [0, 0.1) is 0 Å². The highest BCUT2D eigenvalue weighted by atomic mass is 35.5. The molecule has 0 aliphatic carbocycles. The molecule has 0 bridgehead atoms. The molecule has 0 amide bonds. The number of hydrogen-bond donors (Lipinski definition) is 0. The summed E-state index contributed by atoms with van der Waals surface area (Å²) >= 11 is 6.29. The first-order chi connectivity index (χ1) is 19.4. The molecule has 202 valence electrons. The van der Waals surface area contributed by atoms with Gasteiger partial charge in [0.15, 0.2) is 0 Å². The fourth-order valence-corrected chi connectivity index (χ4v) is 6.12. The number of halogens is 1. The molecule has 1 aliphatic rings. The summed E-state index contributed by atoms with van der Waals surface area (Å²) in [6.07, 6.45) is 2.95. The molecule has 4 heterocycles. The minimum absolute atomic E-state index is 0.110. The topological polar surface area (TPSA) is 62.1 Å². The Bertz CT molecular complexity index is 1920. The summed E-state index contributed by atoms with van der Waals surface area (Å²) < 4.78 is 11.5. The second-order valence-electron chi connectivity index (χ2n) is 10.1. The molecule has 5 aromatic rings. The van der Waals surface area contributed by atoms with Crippen LogP contribution in [0.1, 0.15) is 42.5 Å². The summed E-state index contributed by atoms with van der Waals surface area (Å²) in [4.78, 5) is 28.1. The van der Waals surface area contributed by atoms with Crippen molar-refractivity contribution in [3.63, 3.8) is 0 Å². The molecule has 0 spiro atoms. The molecule has 0 saturated carbocycles. The van der Waals surface area contributed by atoms with Gasteiger partial charge in [0, 0.05) is 30.2 Å². The second kappa shape index (κ2) is 10.0. The third-order valence-electron chi connectivity index (χ3n) is 7.76. The van der Waals surface area contributed by atoms with Gasteiger partial charge in [0.1, 0.15) is 11.5 Å². The van der Waals surface area contributed by atoms with Crippen LogP contribution >= 0.6 is 11.6 Å². The number of aryl methyl sites for hydroxylation is 2. The third kappa shape index (κ3) is 3.86. The average Bonchev–Trinajstić information content (AvgIpc) is 3.53. The number of furan rings is 1. The van der Waals surface area contributed by atoms with Gasteiger partial charge in [-0.05, 0) is 54.8 Å². The van der Waals surface area contributed by atoms with E-state index in [0.717, 1.165) is 46.0 Å². The van der Waals surface area contributed by atoms with E-state index in [1.807, 2.05) is 62.4 Å². The Balaban J connectivity index is 1.90. The number of hydrogen-bond acceptors (Lipinski definition) is 3. The molecule has 0 fully saturated rings. The molecule has 1 atom stereocenters. The Kier molecular flexibility index (Phi) is 6.51. The Morgan fingerprint density at radius 2 is 1.77 bits per heavy atom. The molecule has 0 saturated heterocycles. The number of rotatable bonds is 6. The van der Waals surface area contributed by atoms with Crippen molar-refractivity contribution in [3.05, 3.63) is 134 Å². The first-order valence-electron chi connectivity index (χ1n) is 13.5. The fraction of sp³-hybridized carbons (Fsp3) is 0.212. The molecular formula is C33H30ClN3O3. The van der Waals surface area contributed by atoms with Gasteiger partial charge in [-0.1, -0.05) is 67.1 Å². The van der Waals surface area contributed by atoms with Gasteiger partial charge < -0.3 is 8.98 Å². The van der Waals surface area contributed by atoms with E-state index in [1.165, 1.54) is 4.57 Å². The van der Waals surface area contributed by atoms with E-state index in [9.17, 15) is 9.59 Å². The summed E-state index contributed by atoms with van der Waals surface area (Å²) in [6, 6.07) is 19.6. The monoisotopic (exact) mass is 551 g/mol. The molecule has 1 aliphatic heterocycles. The Labute approximate surface area is 237 Å². The van der Waals surface area contributed by atoms with Gasteiger partial charge in [-0.3, -0.25) is 13.9 Å². The fourth-order valence-electron chi connectivity index (χ4n) is 5.99. The van der Waals surface area contributed by atoms with Crippen molar-refractivity contribution < 1.29 is 4.42 Å². The van der Waals surface area contributed by atoms with E-state index in [4.69, 9.17) is 16.0 Å². The molecule has 6 nitrogen and oxygen atoms in total. The molecule has 3 aromatic heterocycles. The highest BCUT2D eigenvalue weighted by Gasteiger charge is 2.36. The number of allylic oxidation sites excluding steroid dienone is 2. The smallest absolute Gasteiger partial charge is 0.331 e. The van der Waals surface area contributed by atoms with E-state index in [0.29, 0.717) is 34.6 Å². The van der Waals surface area contributed by atoms with Crippen LogP contribution in [0.2, 0.25) is 5.02 Å². The quantitative estimate of drug-likeness (QED) is 0.216. The van der Waals surface area contributed by atoms with E-state index in [2.05, 4.69) is 29.9 Å². The zero-order valence-corrected chi connectivity index (χ0v) is 23.4. The first-order valence-corrected chi connectivity index (χ1v) is 13.9. The summed E-state index contributed by atoms with van der Waals surface area (Å²) in [6.45, 7) is 12.8. The zero-order valence-electron chi connectivity index (χ0n) is 22.6. The van der Waals surface area contributed by atoms with Crippen molar-refractivity contribution in [1.82, 2.24) is 13.7 Å². The summed E-state index contributed by atoms with van der Waals surface area (Å²) in [5.41, 5.74) is 5.14. The van der Waals surface area contributed by atoms with Crippen LogP contribution in [0.25, 0.3) is 27.8 Å². The van der Waals surface area contributed by atoms with Crippen LogP contribution in [0.4, 0.5) is 0 Å². The van der Waals surface area contributed by atoms with Gasteiger partial charge in [0.2, 0.25) is 0 Å². The minimum Gasteiger partial charge on any atom is -0.465 e. The van der Waals surface area contributed by atoms with E-state index >= 15 is 0 Å². The first kappa shape index (κ1) is 26.0. The highest BCUT2D eigenvalue weighted by Crippen LogP contribution is 2.46. The standard InChI is InChI=1S/C33H30ClN3O3/c1-5-18-36-32(38)28-29(21-12-14-23(34)15-13-21)37-25-11-9-8-10-22(25)19-20(4)27(26-17-16-24(6-2)40-26)31(37)30(28)35(7-3)33(36)39/h5,8-17,27H,1,4,6-7,18-19H2,2-3H3. The molecular weight excluding hydrogens is 522 g/mol. The van der Waals surface area contributed by atoms with Crippen molar-refractivity contribution in [1.29, 1.82) is 0 Å². The second-order valence-corrected chi connectivity index (χ2v) is 10.5. The lowest BCUT2D eigenvalue weighted by molar-refractivity contribution is 0.459. The van der Waals surface area contributed by atoms with Crippen LogP contribution in [-0.2, 0) is 25.9 Å². The van der Waals surface area contributed by atoms with E-state index < -0.39 is 0 Å². The average molecular weight is 552 g/mol. The maximum atomic E-state index is 14.3. The molecule has 6 rings (SSSR count). The van der Waals surface area contributed by atoms with Crippen molar-refractivity contribution in [2.75, 3.05) is 0 Å². The summed E-state index contributed by atoms with van der Waals surface area (Å²) in [5.74, 6) is 1.22. The molecule has 0 radical (unpaired) electrons. The normalized spacial score (nSPS) is 14.7. The number of para-hydroxylation sites is 1. The lowest BCUT2D eigenvalue weighted by Crippen LogP contribution is -2.39. The molecule has 0 N–H and O–H groups in total. The molecule has 40 heavy (non-hydrogen) atoms. The Morgan fingerprint density at radius 1 is 1.02 bits per heavy atom. The van der Waals surface area contributed by atoms with Gasteiger partial charge >= 0.3 is 5.69 Å². The van der Waals surface area contributed by atoms with Gasteiger partial charge in [-0.15, -0.1) is 6.58 Å². The SMILES string of the molecule is C=CCn1c(=O)c2c(-c3ccc(Cl)cc3)n3c(c2n(CC)c1=O)C(c1ccc(CC)o1)C(=C)Cc1ccccc1-3. The van der Waals surface area contributed by atoms with Crippen molar-refractivity contribution >= 4 is 22.5 Å². The maximum absolute atomic E-state index is 14.3. The number of fused-ring (bicyclic) bond motifs is 5. The predicted molar refractivity (Wildman–Crippen MR) is 161 cm³/mol. The van der Waals surface area contributed by atoms with Gasteiger partial charge in [0.25, 0.3) is 5.56 Å². The van der Waals surface area contributed by atoms with Crippen LogP contribution < -0.4 is 11.2 Å². The highest BCUT2D eigenvalue weighted by molar-refractivity contribution is 6.30. The Morgan fingerprint density at radius 3 is 2.45 bits per heavy atom. The third-order valence-corrected chi connectivity index (χ3v) is 8.02. The van der Waals surface area contributed by atoms with Crippen LogP contribution in [-0.4, -0.2) is 13.7 Å². The van der Waals surface area contributed by atoms with Gasteiger partial charge in [-0.25, -0.2) is 4.79 Å². The van der Waals surface area contributed by atoms with Crippen LogP contribution in [0.15, 0.2) is 99.5 Å². The van der Waals surface area contributed by atoms with E-state index in [1.54, 1.807) is 10.6 Å². The summed E-state index contributed by atoms with van der Waals surface area (Å²) in [5, 5.41) is 1.07. The van der Waals surface area contributed by atoms with Crippen LogP contribution in [0.3, 0.4) is 0 Å². The molecule has 2 aromatic carbocycles. The van der Waals surface area contributed by atoms with Gasteiger partial charge in [0.05, 0.1) is 28.2 Å². The number of benzene rings is 2. The zero-order chi connectivity index (χ0) is 28.1. The lowest BCUT2D eigenvalue weighted by Gasteiger charge is -2.19. The minimum atomic E-state index is -0.386. The Hall–Kier alpha value is -4.29. The maximum Gasteiger partial charge on any atom is 0.331 e.